The normalized spacial score (nSPS) is 21.1. The van der Waals surface area contributed by atoms with Crippen LogP contribution in [-0.2, 0) is 0 Å². The fourth-order valence-electron chi connectivity index (χ4n) is 5.07. The molecule has 1 aliphatic carbocycles. The van der Waals surface area contributed by atoms with Crippen molar-refractivity contribution in [3.63, 3.8) is 0 Å². The molecule has 0 aliphatic heterocycles. The van der Waals surface area contributed by atoms with Crippen LogP contribution in [0.1, 0.15) is 62.0 Å². The van der Waals surface area contributed by atoms with Crippen LogP contribution in [0, 0.1) is 5.41 Å². The van der Waals surface area contributed by atoms with E-state index in [9.17, 15) is 13.2 Å². The number of halogens is 6. The second-order valence-electron chi connectivity index (χ2n) is 9.45. The molecule has 2 aromatic carbocycles. The largest absolute Gasteiger partial charge is 0.395 e. The van der Waals surface area contributed by atoms with Gasteiger partial charge in [-0.1, -0.05) is 60.1 Å². The van der Waals surface area contributed by atoms with E-state index < -0.39 is 12.1 Å². The Morgan fingerprint density at radius 2 is 1.69 bits per heavy atom. The Morgan fingerprint density at radius 3 is 2.25 bits per heavy atom. The highest BCUT2D eigenvalue weighted by atomic mass is 35.5. The molecule has 1 saturated carbocycles. The lowest BCUT2D eigenvalue weighted by Gasteiger charge is -2.41. The lowest BCUT2D eigenvalue weighted by molar-refractivity contribution is -0.153. The highest BCUT2D eigenvalue weighted by Gasteiger charge is 2.43. The van der Waals surface area contributed by atoms with E-state index >= 15 is 0 Å². The van der Waals surface area contributed by atoms with E-state index in [4.69, 9.17) is 34.8 Å². The molecule has 1 unspecified atom stereocenters. The van der Waals surface area contributed by atoms with Gasteiger partial charge in [-0.05, 0) is 98.0 Å². The van der Waals surface area contributed by atoms with Gasteiger partial charge in [0.2, 0.25) is 0 Å². The minimum absolute atomic E-state index is 0.00466. The smallest absolute Gasteiger partial charge is 0.391 e. The maximum Gasteiger partial charge on any atom is 0.395 e. The Morgan fingerprint density at radius 1 is 1.03 bits per heavy atom. The van der Waals surface area contributed by atoms with Gasteiger partial charge in [-0.2, -0.15) is 13.2 Å². The number of hydrogen-bond acceptors (Lipinski definition) is 2. The molecule has 1 fully saturated rings. The summed E-state index contributed by atoms with van der Waals surface area (Å²) in [5.74, 6) is -1.60. The van der Waals surface area contributed by atoms with Crippen molar-refractivity contribution < 1.29 is 13.2 Å². The van der Waals surface area contributed by atoms with Crippen LogP contribution in [-0.4, -0.2) is 18.0 Å². The summed E-state index contributed by atoms with van der Waals surface area (Å²) >= 11 is 20.2. The Labute approximate surface area is 231 Å². The fraction of sp³-hybridized carbons (Fsp3) is 0.429. The third-order valence-corrected chi connectivity index (χ3v) is 9.17. The fourth-order valence-corrected chi connectivity index (χ4v) is 7.13. The molecule has 0 bridgehead atoms. The molecule has 0 radical (unpaired) electrons. The van der Waals surface area contributed by atoms with Crippen molar-refractivity contribution in [2.45, 2.75) is 67.2 Å². The maximum absolute atomic E-state index is 14.1. The maximum atomic E-state index is 14.1. The summed E-state index contributed by atoms with van der Waals surface area (Å²) in [6.45, 7) is 8.17. The van der Waals surface area contributed by atoms with Crippen LogP contribution in [0.25, 0.3) is 6.08 Å². The Hall–Kier alpha value is -1.27. The minimum Gasteiger partial charge on any atom is -0.391 e. The zero-order chi connectivity index (χ0) is 26.3. The summed E-state index contributed by atoms with van der Waals surface area (Å²) in [5.41, 5.74) is 0.866. The van der Waals surface area contributed by atoms with Crippen molar-refractivity contribution in [2.24, 2.45) is 5.41 Å². The molecule has 8 heteroatoms. The lowest BCUT2D eigenvalue weighted by Crippen LogP contribution is -2.33. The SMILES string of the molecule is C=CNCCC1(CCC(c2cc(Cl)cc(Cl)c2)C(F)(F)F)CCC(Sc2ccc(C=C)c(Cl)c2)CC1. The molecule has 2 aromatic rings. The zero-order valence-electron chi connectivity index (χ0n) is 20.0. The summed E-state index contributed by atoms with van der Waals surface area (Å²) in [6.07, 6.45) is 3.93. The van der Waals surface area contributed by atoms with Crippen molar-refractivity contribution in [2.75, 3.05) is 6.54 Å². The van der Waals surface area contributed by atoms with Crippen molar-refractivity contribution in [1.82, 2.24) is 5.32 Å². The highest BCUT2D eigenvalue weighted by molar-refractivity contribution is 8.00. The van der Waals surface area contributed by atoms with E-state index in [2.05, 4.69) is 18.5 Å². The Bertz CT molecular complexity index is 1030. The lowest BCUT2D eigenvalue weighted by atomic mass is 9.67. The van der Waals surface area contributed by atoms with E-state index in [0.29, 0.717) is 23.2 Å². The van der Waals surface area contributed by atoms with Crippen LogP contribution in [0.5, 0.6) is 0 Å². The highest BCUT2D eigenvalue weighted by Crippen LogP contribution is 2.50. The molecule has 0 spiro atoms. The molecule has 0 aromatic heterocycles. The zero-order valence-corrected chi connectivity index (χ0v) is 23.1. The van der Waals surface area contributed by atoms with Crippen LogP contribution < -0.4 is 5.32 Å². The van der Waals surface area contributed by atoms with Gasteiger partial charge < -0.3 is 5.32 Å². The average molecular weight is 577 g/mol. The second kappa shape index (κ2) is 13.0. The van der Waals surface area contributed by atoms with Crippen LogP contribution in [0.2, 0.25) is 15.1 Å². The van der Waals surface area contributed by atoms with Gasteiger partial charge in [0.05, 0.1) is 5.92 Å². The van der Waals surface area contributed by atoms with Crippen LogP contribution in [0.15, 0.2) is 60.7 Å². The number of nitrogens with one attached hydrogen (secondary N) is 1. The van der Waals surface area contributed by atoms with Gasteiger partial charge in [0, 0.05) is 31.8 Å². The van der Waals surface area contributed by atoms with Gasteiger partial charge in [-0.25, -0.2) is 0 Å². The van der Waals surface area contributed by atoms with E-state index in [1.807, 2.05) is 18.2 Å². The van der Waals surface area contributed by atoms with E-state index in [0.717, 1.165) is 42.6 Å². The molecule has 196 valence electrons. The van der Waals surface area contributed by atoms with Gasteiger partial charge in [-0.3, -0.25) is 0 Å². The minimum atomic E-state index is -4.38. The topological polar surface area (TPSA) is 12.0 Å². The van der Waals surface area contributed by atoms with Crippen LogP contribution in [0.3, 0.4) is 0 Å². The Balaban J connectivity index is 1.71. The van der Waals surface area contributed by atoms with Crippen molar-refractivity contribution in [3.8, 4) is 0 Å². The summed E-state index contributed by atoms with van der Waals surface area (Å²) < 4.78 is 42.3. The van der Waals surface area contributed by atoms with Gasteiger partial charge in [0.1, 0.15) is 0 Å². The van der Waals surface area contributed by atoms with Crippen molar-refractivity contribution >= 4 is 52.6 Å². The number of alkyl halides is 3. The third-order valence-electron chi connectivity index (χ3n) is 7.08. The first-order valence-corrected chi connectivity index (χ1v) is 14.0. The number of rotatable bonds is 11. The molecule has 1 nitrogen and oxygen atoms in total. The molecule has 1 aliphatic rings. The summed E-state index contributed by atoms with van der Waals surface area (Å²) in [4.78, 5) is 1.10. The average Bonchev–Trinajstić information content (AvgIpc) is 2.80. The molecule has 0 amide bonds. The second-order valence-corrected chi connectivity index (χ2v) is 12.1. The quantitative estimate of drug-likeness (QED) is 0.267. The number of thioether (sulfide) groups is 1. The van der Waals surface area contributed by atoms with Gasteiger partial charge in [-0.15, -0.1) is 11.8 Å². The molecule has 0 saturated heterocycles. The third kappa shape index (κ3) is 8.11. The predicted octanol–water partition coefficient (Wildman–Crippen LogP) is 10.6. The molecule has 3 rings (SSSR count). The van der Waals surface area contributed by atoms with E-state index in [1.165, 1.54) is 18.2 Å². The first-order valence-electron chi connectivity index (χ1n) is 12.0. The van der Waals surface area contributed by atoms with Crippen molar-refractivity contribution in [1.29, 1.82) is 0 Å². The molecule has 0 heterocycles. The molecular formula is C28H31Cl3F3NS. The van der Waals surface area contributed by atoms with Gasteiger partial charge >= 0.3 is 6.18 Å². The molecular weight excluding hydrogens is 546 g/mol. The van der Waals surface area contributed by atoms with E-state index in [1.54, 1.807) is 24.0 Å². The molecule has 1 atom stereocenters. The predicted molar refractivity (Wildman–Crippen MR) is 149 cm³/mol. The van der Waals surface area contributed by atoms with Crippen molar-refractivity contribution in [3.05, 3.63) is 82.0 Å². The number of hydrogen-bond donors (Lipinski definition) is 1. The summed E-state index contributed by atoms with van der Waals surface area (Å²) in [6, 6.07) is 10.2. The summed E-state index contributed by atoms with van der Waals surface area (Å²) in [5, 5.41) is 4.65. The van der Waals surface area contributed by atoms with Gasteiger partial charge in [0.15, 0.2) is 0 Å². The summed E-state index contributed by atoms with van der Waals surface area (Å²) in [7, 11) is 0. The monoisotopic (exact) mass is 575 g/mol. The van der Waals surface area contributed by atoms with Gasteiger partial charge in [0.25, 0.3) is 0 Å². The molecule has 1 N–H and O–H groups in total. The van der Waals surface area contributed by atoms with Crippen LogP contribution >= 0.6 is 46.6 Å². The van der Waals surface area contributed by atoms with E-state index in [-0.39, 0.29) is 27.4 Å². The number of benzene rings is 2. The molecule has 36 heavy (non-hydrogen) atoms. The Kier molecular flexibility index (Phi) is 10.6. The van der Waals surface area contributed by atoms with Crippen LogP contribution in [0.4, 0.5) is 13.2 Å². The first kappa shape index (κ1) is 29.3. The standard InChI is InChI=1S/C28H31Cl3F3NS/c1-3-19-5-6-24(18-26(19)31)36-23-7-10-27(11-8-23,13-14-35-4-2)12-9-25(28(32,33)34)20-15-21(29)17-22(30)16-20/h3-6,15-18,23,25,35H,1-2,7-14H2. The first-order chi connectivity index (χ1) is 17.0.